The van der Waals surface area contributed by atoms with Crippen molar-refractivity contribution in [2.75, 3.05) is 13.1 Å². The van der Waals surface area contributed by atoms with Gasteiger partial charge in [-0.2, -0.15) is 0 Å². The van der Waals surface area contributed by atoms with E-state index in [1.807, 2.05) is 42.2 Å². The zero-order valence-electron chi connectivity index (χ0n) is 15.0. The van der Waals surface area contributed by atoms with Crippen molar-refractivity contribution in [2.45, 2.75) is 25.5 Å². The number of hydrogen-bond donors (Lipinski definition) is 1. The summed E-state index contributed by atoms with van der Waals surface area (Å²) >= 11 is 5.85. The predicted molar refractivity (Wildman–Crippen MR) is 107 cm³/mol. The summed E-state index contributed by atoms with van der Waals surface area (Å²) in [6.07, 6.45) is 0.0586. The van der Waals surface area contributed by atoms with Crippen molar-refractivity contribution in [1.82, 2.24) is 4.90 Å². The minimum absolute atomic E-state index is 0. The molecule has 0 aliphatic carbocycles. The Balaban J connectivity index is 0.00000261. The van der Waals surface area contributed by atoms with Crippen LogP contribution < -0.4 is 10.5 Å². The molecule has 1 aliphatic rings. The molecule has 0 radical (unpaired) electrons. The van der Waals surface area contributed by atoms with Crippen LogP contribution in [0.3, 0.4) is 0 Å². The fraction of sp³-hybridized carbons (Fsp3) is 0.350. The normalized spacial score (nSPS) is 20.1. The van der Waals surface area contributed by atoms with Crippen LogP contribution in [0, 0.1) is 11.7 Å². The highest BCUT2D eigenvalue weighted by atomic mass is 35.5. The maximum atomic E-state index is 13.4. The van der Waals surface area contributed by atoms with E-state index in [0.29, 0.717) is 24.8 Å². The van der Waals surface area contributed by atoms with Gasteiger partial charge in [-0.1, -0.05) is 41.9 Å². The van der Waals surface area contributed by atoms with E-state index in [-0.39, 0.29) is 29.4 Å². The smallest absolute Gasteiger partial charge is 0.268 e. The van der Waals surface area contributed by atoms with E-state index < -0.39 is 11.9 Å². The minimum atomic E-state index is -0.822. The van der Waals surface area contributed by atoms with Gasteiger partial charge in [0.15, 0.2) is 0 Å². The third kappa shape index (κ3) is 4.92. The Morgan fingerprint density at radius 2 is 2.04 bits per heavy atom. The summed E-state index contributed by atoms with van der Waals surface area (Å²) < 4.78 is 19.4. The Morgan fingerprint density at radius 3 is 2.63 bits per heavy atom. The molecule has 1 heterocycles. The largest absolute Gasteiger partial charge is 0.476 e. The maximum Gasteiger partial charge on any atom is 0.268 e. The molecule has 2 aromatic rings. The van der Waals surface area contributed by atoms with Gasteiger partial charge in [0.2, 0.25) is 6.10 Å². The van der Waals surface area contributed by atoms with Gasteiger partial charge in [0.25, 0.3) is 5.91 Å². The Kier molecular flexibility index (Phi) is 7.48. The van der Waals surface area contributed by atoms with Crippen LogP contribution in [0.15, 0.2) is 48.5 Å². The molecule has 1 aliphatic heterocycles. The van der Waals surface area contributed by atoms with Crippen LogP contribution in [0.2, 0.25) is 5.02 Å². The average Bonchev–Trinajstić information content (AvgIpc) is 3.03. The monoisotopic (exact) mass is 412 g/mol. The number of carbonyl (C=O) groups excluding carboxylic acids is 1. The summed E-state index contributed by atoms with van der Waals surface area (Å²) in [7, 11) is 0. The molecule has 3 atom stereocenters. The van der Waals surface area contributed by atoms with Crippen LogP contribution >= 0.6 is 24.0 Å². The molecule has 0 spiro atoms. The van der Waals surface area contributed by atoms with E-state index in [9.17, 15) is 9.18 Å². The van der Waals surface area contributed by atoms with E-state index >= 15 is 0 Å². The van der Waals surface area contributed by atoms with Gasteiger partial charge in [-0.3, -0.25) is 4.79 Å². The third-order valence-corrected chi connectivity index (χ3v) is 5.04. The fourth-order valence-electron chi connectivity index (χ4n) is 3.35. The van der Waals surface area contributed by atoms with Crippen LogP contribution in [-0.4, -0.2) is 29.9 Å². The molecule has 2 aromatic carbocycles. The van der Waals surface area contributed by atoms with Crippen molar-refractivity contribution in [3.63, 3.8) is 0 Å². The number of ether oxygens (including phenoxy) is 1. The second kappa shape index (κ2) is 9.40. The number of rotatable bonds is 5. The molecule has 0 saturated carbocycles. The van der Waals surface area contributed by atoms with Gasteiger partial charge in [-0.15, -0.1) is 12.4 Å². The molecule has 146 valence electrons. The molecule has 1 amide bonds. The Morgan fingerprint density at radius 1 is 1.33 bits per heavy atom. The lowest BCUT2D eigenvalue weighted by Crippen LogP contribution is -2.39. The predicted octanol–water partition coefficient (Wildman–Crippen LogP) is 4.22. The zero-order chi connectivity index (χ0) is 18.7. The van der Waals surface area contributed by atoms with Crippen LogP contribution in [0.1, 0.15) is 25.0 Å². The Bertz CT molecular complexity index is 776. The lowest BCUT2D eigenvalue weighted by atomic mass is 10.1. The molecule has 7 heteroatoms. The number of nitrogens with zero attached hydrogens (tertiary/aromatic N) is 1. The number of halogens is 3. The highest BCUT2D eigenvalue weighted by molar-refractivity contribution is 6.30. The number of benzene rings is 2. The Labute approximate surface area is 169 Å². The maximum absolute atomic E-state index is 13.4. The standard InChI is InChI=1S/C20H22ClFN2O2.ClH/c1-13-9-14(11-23)12-24(13)20(25)19(15-5-3-2-4-6-15)26-16-7-8-18(22)17(21)10-16;/h2-8,10,13-14,19H,9,11-12,23H2,1H3;1H. The zero-order valence-corrected chi connectivity index (χ0v) is 16.5. The van der Waals surface area contributed by atoms with E-state index in [0.717, 1.165) is 12.0 Å². The molecular formula is C20H23Cl2FN2O2. The molecule has 0 aromatic heterocycles. The molecular weight excluding hydrogens is 390 g/mol. The second-order valence-electron chi connectivity index (χ2n) is 6.66. The van der Waals surface area contributed by atoms with E-state index in [4.69, 9.17) is 22.1 Å². The lowest BCUT2D eigenvalue weighted by molar-refractivity contribution is -0.139. The lowest BCUT2D eigenvalue weighted by Gasteiger charge is -2.28. The number of amides is 1. The van der Waals surface area contributed by atoms with Crippen molar-refractivity contribution in [1.29, 1.82) is 0 Å². The topological polar surface area (TPSA) is 55.6 Å². The van der Waals surface area contributed by atoms with Gasteiger partial charge in [0.1, 0.15) is 11.6 Å². The number of likely N-dealkylation sites (tertiary alicyclic amines) is 1. The number of carbonyl (C=O) groups is 1. The highest BCUT2D eigenvalue weighted by Gasteiger charge is 2.36. The quantitative estimate of drug-likeness (QED) is 0.799. The van der Waals surface area contributed by atoms with Gasteiger partial charge in [-0.25, -0.2) is 4.39 Å². The van der Waals surface area contributed by atoms with Gasteiger partial charge < -0.3 is 15.4 Å². The van der Waals surface area contributed by atoms with Crippen LogP contribution in [0.5, 0.6) is 5.75 Å². The molecule has 3 rings (SSSR count). The van der Waals surface area contributed by atoms with Crippen LogP contribution in [0.25, 0.3) is 0 Å². The van der Waals surface area contributed by atoms with Crippen LogP contribution in [-0.2, 0) is 4.79 Å². The SMILES string of the molecule is CC1CC(CN)CN1C(=O)C(Oc1ccc(F)c(Cl)c1)c1ccccc1.Cl. The van der Waals surface area contributed by atoms with E-state index in [1.165, 1.54) is 18.2 Å². The summed E-state index contributed by atoms with van der Waals surface area (Å²) in [5.41, 5.74) is 6.52. The summed E-state index contributed by atoms with van der Waals surface area (Å²) in [5, 5.41) is -0.0421. The number of nitrogens with two attached hydrogens (primary N) is 1. The highest BCUT2D eigenvalue weighted by Crippen LogP contribution is 2.31. The summed E-state index contributed by atoms with van der Waals surface area (Å²) in [4.78, 5) is 15.0. The third-order valence-electron chi connectivity index (χ3n) is 4.75. The van der Waals surface area contributed by atoms with E-state index in [2.05, 4.69) is 0 Å². The first kappa shape index (κ1) is 21.5. The van der Waals surface area contributed by atoms with Crippen molar-refractivity contribution in [2.24, 2.45) is 11.7 Å². The first-order valence-electron chi connectivity index (χ1n) is 8.66. The van der Waals surface area contributed by atoms with Gasteiger partial charge in [0, 0.05) is 24.2 Å². The summed E-state index contributed by atoms with van der Waals surface area (Å²) in [6.45, 7) is 3.19. The van der Waals surface area contributed by atoms with Gasteiger partial charge in [0.05, 0.1) is 5.02 Å². The van der Waals surface area contributed by atoms with Crippen molar-refractivity contribution >= 4 is 29.9 Å². The molecule has 1 saturated heterocycles. The molecule has 27 heavy (non-hydrogen) atoms. The fourth-order valence-corrected chi connectivity index (χ4v) is 3.52. The average molecular weight is 413 g/mol. The van der Waals surface area contributed by atoms with E-state index in [1.54, 1.807) is 0 Å². The molecule has 4 nitrogen and oxygen atoms in total. The minimum Gasteiger partial charge on any atom is -0.476 e. The van der Waals surface area contributed by atoms with Crippen molar-refractivity contribution in [3.8, 4) is 5.75 Å². The number of hydrogen-bond acceptors (Lipinski definition) is 3. The van der Waals surface area contributed by atoms with Crippen LogP contribution in [0.4, 0.5) is 4.39 Å². The molecule has 2 N–H and O–H groups in total. The first-order chi connectivity index (χ1) is 12.5. The Hall–Kier alpha value is -1.82. The first-order valence-corrected chi connectivity index (χ1v) is 9.04. The summed E-state index contributed by atoms with van der Waals surface area (Å²) in [6, 6.07) is 13.5. The van der Waals surface area contributed by atoms with Gasteiger partial charge >= 0.3 is 0 Å². The second-order valence-corrected chi connectivity index (χ2v) is 7.07. The van der Waals surface area contributed by atoms with Crippen molar-refractivity contribution in [3.05, 3.63) is 64.9 Å². The van der Waals surface area contributed by atoms with Gasteiger partial charge in [-0.05, 0) is 37.9 Å². The summed E-state index contributed by atoms with van der Waals surface area (Å²) in [5.74, 6) is -0.00730. The molecule has 3 unspecified atom stereocenters. The van der Waals surface area contributed by atoms with Crippen molar-refractivity contribution < 1.29 is 13.9 Å². The molecule has 0 bridgehead atoms. The molecule has 1 fully saturated rings.